The Labute approximate surface area is 167 Å². The predicted molar refractivity (Wildman–Crippen MR) is 109 cm³/mol. The molecule has 29 heavy (non-hydrogen) atoms. The van der Waals surface area contributed by atoms with Gasteiger partial charge in [-0.1, -0.05) is 24.3 Å². The van der Waals surface area contributed by atoms with Crippen molar-refractivity contribution >= 4 is 26.6 Å². The molecule has 0 aliphatic rings. The van der Waals surface area contributed by atoms with Crippen molar-refractivity contribution in [3.63, 3.8) is 0 Å². The number of pyridine rings is 2. The molecule has 0 aliphatic heterocycles. The van der Waals surface area contributed by atoms with E-state index in [-0.39, 0.29) is 18.5 Å². The third-order valence-corrected chi connectivity index (χ3v) is 7.20. The van der Waals surface area contributed by atoms with E-state index in [1.807, 2.05) is 30.3 Å². The Hall–Kier alpha value is -3.04. The molecule has 2 aromatic heterocycles. The summed E-state index contributed by atoms with van der Waals surface area (Å²) in [6, 6.07) is 12.7. The first kappa shape index (κ1) is 20.7. The number of hydrogen-bond donors (Lipinski definition) is 2. The number of hydroxylamine groups is 1. The van der Waals surface area contributed by atoms with Gasteiger partial charge in [0.05, 0.1) is 5.52 Å². The number of hydrogen-bond acceptors (Lipinski definition) is 6. The summed E-state index contributed by atoms with van der Waals surface area (Å²) >= 11 is 0. The Bertz CT molecular complexity index is 1230. The average Bonchev–Trinajstić information content (AvgIpc) is 2.70. The lowest BCUT2D eigenvalue weighted by atomic mass is 10.0. The predicted octanol–water partition coefficient (Wildman–Crippen LogP) is 1.76. The molecule has 1 amide bonds. The molecular weight excluding hydrogens is 394 g/mol. The standard InChI is InChI=1S/C20H21N3O5S/c1-20(19(25)22-26,29(2,27)28)9-12-23-11-8-15(13-17(23)24)16-7-3-5-14-6-4-10-21-18(14)16/h3-8,10-11,13,26H,9,12H2,1-2H3,(H,22,25). The van der Waals surface area contributed by atoms with Gasteiger partial charge in [0.15, 0.2) is 14.6 Å². The van der Waals surface area contributed by atoms with Gasteiger partial charge in [0, 0.05) is 42.2 Å². The van der Waals surface area contributed by atoms with E-state index in [0.29, 0.717) is 5.56 Å². The van der Waals surface area contributed by atoms with Crippen molar-refractivity contribution in [3.05, 3.63) is 65.2 Å². The van der Waals surface area contributed by atoms with Crippen molar-refractivity contribution in [2.45, 2.75) is 24.6 Å². The number of sulfone groups is 1. The zero-order chi connectivity index (χ0) is 21.2. The lowest BCUT2D eigenvalue weighted by Gasteiger charge is -2.25. The highest BCUT2D eigenvalue weighted by Crippen LogP contribution is 2.26. The van der Waals surface area contributed by atoms with Crippen molar-refractivity contribution in [2.24, 2.45) is 0 Å². The first-order valence-corrected chi connectivity index (χ1v) is 10.8. The second-order valence-corrected chi connectivity index (χ2v) is 9.47. The summed E-state index contributed by atoms with van der Waals surface area (Å²) in [6.07, 6.45) is 3.99. The van der Waals surface area contributed by atoms with Crippen LogP contribution in [0.4, 0.5) is 0 Å². The van der Waals surface area contributed by atoms with E-state index in [4.69, 9.17) is 5.21 Å². The molecule has 0 spiro atoms. The topological polar surface area (TPSA) is 118 Å². The zero-order valence-electron chi connectivity index (χ0n) is 16.0. The van der Waals surface area contributed by atoms with Gasteiger partial charge in [-0.2, -0.15) is 0 Å². The SMILES string of the molecule is CC(CCn1ccc(-c2cccc3cccnc23)cc1=O)(C(=O)NO)S(C)(=O)=O. The van der Waals surface area contributed by atoms with Crippen LogP contribution < -0.4 is 11.0 Å². The van der Waals surface area contributed by atoms with Crippen LogP contribution >= 0.6 is 0 Å². The van der Waals surface area contributed by atoms with Gasteiger partial charge in [-0.3, -0.25) is 19.8 Å². The Morgan fingerprint density at radius 2 is 1.97 bits per heavy atom. The van der Waals surface area contributed by atoms with Crippen LogP contribution in [0.3, 0.4) is 0 Å². The highest BCUT2D eigenvalue weighted by Gasteiger charge is 2.43. The molecule has 1 atom stereocenters. The molecule has 2 N–H and O–H groups in total. The number of fused-ring (bicyclic) bond motifs is 1. The molecule has 0 bridgehead atoms. The summed E-state index contributed by atoms with van der Waals surface area (Å²) in [5, 5.41) is 9.85. The van der Waals surface area contributed by atoms with Crippen LogP contribution in [0.15, 0.2) is 59.7 Å². The number of carbonyl (C=O) groups is 1. The quantitative estimate of drug-likeness (QED) is 0.468. The first-order chi connectivity index (χ1) is 13.7. The molecule has 152 valence electrons. The maximum Gasteiger partial charge on any atom is 0.264 e. The number of nitrogens with zero attached hydrogens (tertiary/aromatic N) is 2. The fraction of sp³-hybridized carbons (Fsp3) is 0.250. The van der Waals surface area contributed by atoms with Crippen LogP contribution in [0.5, 0.6) is 0 Å². The maximum atomic E-state index is 12.6. The fourth-order valence-electron chi connectivity index (χ4n) is 3.12. The summed E-state index contributed by atoms with van der Waals surface area (Å²) in [4.78, 5) is 28.9. The molecule has 0 saturated carbocycles. The summed E-state index contributed by atoms with van der Waals surface area (Å²) in [6.45, 7) is 1.21. The van der Waals surface area contributed by atoms with Crippen molar-refractivity contribution in [1.29, 1.82) is 0 Å². The Balaban J connectivity index is 1.92. The maximum absolute atomic E-state index is 12.6. The minimum Gasteiger partial charge on any atom is -0.315 e. The Morgan fingerprint density at radius 3 is 2.62 bits per heavy atom. The van der Waals surface area contributed by atoms with Crippen molar-refractivity contribution < 1.29 is 18.4 Å². The summed E-state index contributed by atoms with van der Waals surface area (Å²) in [5.41, 5.74) is 3.34. The fourth-order valence-corrected chi connectivity index (χ4v) is 3.96. The van der Waals surface area contributed by atoms with Gasteiger partial charge in [0.25, 0.3) is 11.5 Å². The van der Waals surface area contributed by atoms with Gasteiger partial charge < -0.3 is 4.57 Å². The highest BCUT2D eigenvalue weighted by atomic mass is 32.2. The van der Waals surface area contributed by atoms with Crippen molar-refractivity contribution in [1.82, 2.24) is 15.0 Å². The molecule has 8 nitrogen and oxygen atoms in total. The van der Waals surface area contributed by atoms with E-state index in [0.717, 1.165) is 22.7 Å². The number of nitrogens with one attached hydrogen (secondary N) is 1. The van der Waals surface area contributed by atoms with Gasteiger partial charge in [0.1, 0.15) is 0 Å². The molecule has 2 heterocycles. The van der Waals surface area contributed by atoms with Crippen LogP contribution in [0.1, 0.15) is 13.3 Å². The molecule has 9 heteroatoms. The Kier molecular flexibility index (Phi) is 5.54. The second-order valence-electron chi connectivity index (χ2n) is 7.02. The van der Waals surface area contributed by atoms with Crippen molar-refractivity contribution in [2.75, 3.05) is 6.26 Å². The van der Waals surface area contributed by atoms with Crippen LogP contribution in [-0.4, -0.2) is 40.1 Å². The van der Waals surface area contributed by atoms with E-state index < -0.39 is 20.5 Å². The number of amides is 1. The van der Waals surface area contributed by atoms with Gasteiger partial charge >= 0.3 is 0 Å². The highest BCUT2D eigenvalue weighted by molar-refractivity contribution is 7.92. The van der Waals surface area contributed by atoms with E-state index >= 15 is 0 Å². The van der Waals surface area contributed by atoms with Gasteiger partial charge in [-0.15, -0.1) is 0 Å². The number of para-hydroxylation sites is 1. The van der Waals surface area contributed by atoms with E-state index in [1.165, 1.54) is 23.0 Å². The van der Waals surface area contributed by atoms with E-state index in [9.17, 15) is 18.0 Å². The van der Waals surface area contributed by atoms with E-state index in [2.05, 4.69) is 4.98 Å². The molecule has 1 unspecified atom stereocenters. The Morgan fingerprint density at radius 1 is 1.24 bits per heavy atom. The molecule has 3 aromatic rings. The van der Waals surface area contributed by atoms with E-state index in [1.54, 1.807) is 18.5 Å². The molecule has 0 saturated heterocycles. The molecule has 3 rings (SSSR count). The zero-order valence-corrected chi connectivity index (χ0v) is 16.8. The molecule has 0 fully saturated rings. The summed E-state index contributed by atoms with van der Waals surface area (Å²) in [5.74, 6) is -1.04. The largest absolute Gasteiger partial charge is 0.315 e. The van der Waals surface area contributed by atoms with Crippen LogP contribution in [0.25, 0.3) is 22.0 Å². The third kappa shape index (κ3) is 3.92. The van der Waals surface area contributed by atoms with Gasteiger partial charge in [-0.25, -0.2) is 13.9 Å². The van der Waals surface area contributed by atoms with Gasteiger partial charge in [0.2, 0.25) is 0 Å². The van der Waals surface area contributed by atoms with Crippen LogP contribution in [0.2, 0.25) is 0 Å². The van der Waals surface area contributed by atoms with Crippen molar-refractivity contribution in [3.8, 4) is 11.1 Å². The van der Waals surface area contributed by atoms with Crippen LogP contribution in [0, 0.1) is 0 Å². The lowest BCUT2D eigenvalue weighted by molar-refractivity contribution is -0.131. The monoisotopic (exact) mass is 415 g/mol. The number of benzene rings is 1. The molecular formula is C20H21N3O5S. The smallest absolute Gasteiger partial charge is 0.264 e. The van der Waals surface area contributed by atoms with Gasteiger partial charge in [-0.05, 0) is 31.0 Å². The normalized spacial score (nSPS) is 13.8. The molecule has 0 aliphatic carbocycles. The molecule has 1 aromatic carbocycles. The minimum absolute atomic E-state index is 0.0100. The number of rotatable bonds is 6. The summed E-state index contributed by atoms with van der Waals surface area (Å²) < 4.78 is 23.6. The molecule has 0 radical (unpaired) electrons. The first-order valence-electron chi connectivity index (χ1n) is 8.86. The van der Waals surface area contributed by atoms with Crippen LogP contribution in [-0.2, 0) is 21.2 Å². The number of aryl methyl sites for hydroxylation is 1. The third-order valence-electron chi connectivity index (χ3n) is 5.17. The number of aromatic nitrogens is 2. The number of carbonyl (C=O) groups excluding carboxylic acids is 1. The minimum atomic E-state index is -3.83. The summed E-state index contributed by atoms with van der Waals surface area (Å²) in [7, 11) is -3.83. The average molecular weight is 415 g/mol. The lowest BCUT2D eigenvalue weighted by Crippen LogP contribution is -2.49. The second kappa shape index (κ2) is 7.76.